The SMILES string of the molecule is C[C@]1(c2ccccc2)C[C@@H]2Cc3ccccc3N2N1. The van der Waals surface area contributed by atoms with Gasteiger partial charge in [-0.15, -0.1) is 0 Å². The number of benzene rings is 2. The van der Waals surface area contributed by atoms with Gasteiger partial charge in [-0.05, 0) is 37.0 Å². The predicted octanol–water partition coefficient (Wildman–Crippen LogP) is 3.24. The highest BCUT2D eigenvalue weighted by molar-refractivity contribution is 5.60. The van der Waals surface area contributed by atoms with Gasteiger partial charge in [-0.25, -0.2) is 5.43 Å². The molecule has 1 saturated heterocycles. The number of rotatable bonds is 1. The summed E-state index contributed by atoms with van der Waals surface area (Å²) in [6, 6.07) is 20.1. The third kappa shape index (κ3) is 1.60. The molecule has 0 radical (unpaired) electrons. The molecule has 0 unspecified atom stereocenters. The molecule has 0 spiro atoms. The van der Waals surface area contributed by atoms with Gasteiger partial charge < -0.3 is 5.01 Å². The fraction of sp³-hybridized carbons (Fsp3) is 0.294. The van der Waals surface area contributed by atoms with E-state index >= 15 is 0 Å². The highest BCUT2D eigenvalue weighted by atomic mass is 15.6. The van der Waals surface area contributed by atoms with Crippen LogP contribution < -0.4 is 10.4 Å². The van der Waals surface area contributed by atoms with Crippen LogP contribution in [0.2, 0.25) is 0 Å². The van der Waals surface area contributed by atoms with E-state index < -0.39 is 0 Å². The van der Waals surface area contributed by atoms with Gasteiger partial charge in [0.15, 0.2) is 0 Å². The molecule has 19 heavy (non-hydrogen) atoms. The molecule has 0 bridgehead atoms. The zero-order chi connectivity index (χ0) is 12.9. The molecule has 1 N–H and O–H groups in total. The summed E-state index contributed by atoms with van der Waals surface area (Å²) in [5, 5.41) is 2.38. The quantitative estimate of drug-likeness (QED) is 0.836. The van der Waals surface area contributed by atoms with E-state index in [2.05, 4.69) is 72.0 Å². The average molecular weight is 250 g/mol. The molecule has 2 aromatic rings. The van der Waals surface area contributed by atoms with Crippen LogP contribution >= 0.6 is 0 Å². The molecule has 4 rings (SSSR count). The Morgan fingerprint density at radius 1 is 1.05 bits per heavy atom. The van der Waals surface area contributed by atoms with Crippen molar-refractivity contribution < 1.29 is 0 Å². The highest BCUT2D eigenvalue weighted by Crippen LogP contribution is 2.42. The lowest BCUT2D eigenvalue weighted by Gasteiger charge is -2.27. The summed E-state index contributed by atoms with van der Waals surface area (Å²) in [4.78, 5) is 0. The first kappa shape index (κ1) is 11.1. The molecule has 96 valence electrons. The Morgan fingerprint density at radius 2 is 1.79 bits per heavy atom. The van der Waals surface area contributed by atoms with Crippen LogP contribution in [0.5, 0.6) is 0 Å². The number of nitrogens with one attached hydrogen (secondary N) is 1. The molecule has 2 aromatic carbocycles. The topological polar surface area (TPSA) is 15.3 Å². The van der Waals surface area contributed by atoms with Crippen molar-refractivity contribution in [3.63, 3.8) is 0 Å². The third-order valence-electron chi connectivity index (χ3n) is 4.49. The summed E-state index contributed by atoms with van der Waals surface area (Å²) in [5.41, 5.74) is 7.99. The van der Waals surface area contributed by atoms with Gasteiger partial charge in [0.1, 0.15) is 0 Å². The third-order valence-corrected chi connectivity index (χ3v) is 4.49. The molecular formula is C17H18N2. The summed E-state index contributed by atoms with van der Waals surface area (Å²) >= 11 is 0. The summed E-state index contributed by atoms with van der Waals surface area (Å²) in [5.74, 6) is 0. The van der Waals surface area contributed by atoms with E-state index in [9.17, 15) is 0 Å². The molecule has 2 aliphatic rings. The van der Waals surface area contributed by atoms with Crippen molar-refractivity contribution in [2.45, 2.75) is 31.3 Å². The lowest BCUT2D eigenvalue weighted by atomic mass is 9.87. The monoisotopic (exact) mass is 250 g/mol. The molecule has 0 amide bonds. The van der Waals surface area contributed by atoms with Crippen LogP contribution in [0.15, 0.2) is 54.6 Å². The Hall–Kier alpha value is -1.80. The average Bonchev–Trinajstić information content (AvgIpc) is 2.94. The van der Waals surface area contributed by atoms with Crippen molar-refractivity contribution in [2.24, 2.45) is 0 Å². The maximum Gasteiger partial charge on any atom is 0.0614 e. The molecule has 2 atom stereocenters. The summed E-state index contributed by atoms with van der Waals surface area (Å²) in [6.07, 6.45) is 2.32. The van der Waals surface area contributed by atoms with Gasteiger partial charge in [-0.3, -0.25) is 0 Å². The number of anilines is 1. The zero-order valence-corrected chi connectivity index (χ0v) is 11.1. The first-order valence-electron chi connectivity index (χ1n) is 6.97. The van der Waals surface area contributed by atoms with Crippen LogP contribution in [0.3, 0.4) is 0 Å². The van der Waals surface area contributed by atoms with Crippen molar-refractivity contribution in [1.82, 2.24) is 5.43 Å². The van der Waals surface area contributed by atoms with Crippen molar-refractivity contribution in [2.75, 3.05) is 5.01 Å². The van der Waals surface area contributed by atoms with Gasteiger partial charge in [-0.2, -0.15) is 0 Å². The molecule has 2 heterocycles. The van der Waals surface area contributed by atoms with Crippen LogP contribution in [0.4, 0.5) is 5.69 Å². The van der Waals surface area contributed by atoms with E-state index in [0.29, 0.717) is 6.04 Å². The molecule has 2 aliphatic heterocycles. The summed E-state index contributed by atoms with van der Waals surface area (Å²) in [6.45, 7) is 2.31. The van der Waals surface area contributed by atoms with Gasteiger partial charge in [0.05, 0.1) is 17.3 Å². The van der Waals surface area contributed by atoms with Gasteiger partial charge in [0.25, 0.3) is 0 Å². The Balaban J connectivity index is 1.70. The Labute approximate surface area is 114 Å². The van der Waals surface area contributed by atoms with Crippen molar-refractivity contribution in [1.29, 1.82) is 0 Å². The zero-order valence-electron chi connectivity index (χ0n) is 11.1. The van der Waals surface area contributed by atoms with Crippen molar-refractivity contribution >= 4 is 5.69 Å². The summed E-state index contributed by atoms with van der Waals surface area (Å²) < 4.78 is 0. The van der Waals surface area contributed by atoms with Gasteiger partial charge >= 0.3 is 0 Å². The van der Waals surface area contributed by atoms with Gasteiger partial charge in [0.2, 0.25) is 0 Å². The second-order valence-electron chi connectivity index (χ2n) is 5.87. The van der Waals surface area contributed by atoms with Gasteiger partial charge in [0, 0.05) is 0 Å². The number of hydrazine groups is 1. The number of hydrogen-bond acceptors (Lipinski definition) is 2. The van der Waals surface area contributed by atoms with Crippen LogP contribution in [-0.4, -0.2) is 6.04 Å². The lowest BCUT2D eigenvalue weighted by molar-refractivity contribution is 0.421. The minimum absolute atomic E-state index is 0.0550. The predicted molar refractivity (Wildman–Crippen MR) is 78.0 cm³/mol. The largest absolute Gasteiger partial charge is 0.304 e. The van der Waals surface area contributed by atoms with Crippen molar-refractivity contribution in [3.8, 4) is 0 Å². The molecule has 0 aromatic heterocycles. The molecule has 2 nitrogen and oxygen atoms in total. The Kier molecular flexibility index (Phi) is 2.24. The van der Waals surface area contributed by atoms with E-state index in [-0.39, 0.29) is 5.54 Å². The van der Waals surface area contributed by atoms with Crippen molar-refractivity contribution in [3.05, 3.63) is 65.7 Å². The number of hydrogen-bond donors (Lipinski definition) is 1. The van der Waals surface area contributed by atoms with E-state index in [4.69, 9.17) is 0 Å². The lowest BCUT2D eigenvalue weighted by Crippen LogP contribution is -2.42. The maximum atomic E-state index is 3.74. The second kappa shape index (κ2) is 3.84. The minimum atomic E-state index is 0.0550. The van der Waals surface area contributed by atoms with Crippen LogP contribution in [0.25, 0.3) is 0 Å². The molecular weight excluding hydrogens is 232 g/mol. The second-order valence-corrected chi connectivity index (χ2v) is 5.87. The Bertz CT molecular complexity index is 608. The normalized spacial score (nSPS) is 28.3. The summed E-state index contributed by atoms with van der Waals surface area (Å²) in [7, 11) is 0. The highest BCUT2D eigenvalue weighted by Gasteiger charge is 2.45. The Morgan fingerprint density at radius 3 is 2.63 bits per heavy atom. The number of nitrogens with zero attached hydrogens (tertiary/aromatic N) is 1. The molecule has 1 fully saturated rings. The number of para-hydroxylation sites is 1. The number of fused-ring (bicyclic) bond motifs is 3. The van der Waals surface area contributed by atoms with Crippen LogP contribution in [0, 0.1) is 0 Å². The molecule has 0 saturated carbocycles. The first-order chi connectivity index (χ1) is 9.26. The minimum Gasteiger partial charge on any atom is -0.304 e. The smallest absolute Gasteiger partial charge is 0.0614 e. The molecule has 2 heteroatoms. The fourth-order valence-corrected chi connectivity index (χ4v) is 3.55. The van der Waals surface area contributed by atoms with E-state index in [1.165, 1.54) is 16.8 Å². The van der Waals surface area contributed by atoms with E-state index in [1.54, 1.807) is 0 Å². The first-order valence-corrected chi connectivity index (χ1v) is 6.97. The van der Waals surface area contributed by atoms with E-state index in [1.807, 2.05) is 0 Å². The molecule has 0 aliphatic carbocycles. The maximum absolute atomic E-state index is 3.74. The fourth-order valence-electron chi connectivity index (χ4n) is 3.55. The van der Waals surface area contributed by atoms with Gasteiger partial charge in [-0.1, -0.05) is 48.5 Å². The van der Waals surface area contributed by atoms with Crippen LogP contribution in [0.1, 0.15) is 24.5 Å². The van der Waals surface area contributed by atoms with Crippen LogP contribution in [-0.2, 0) is 12.0 Å². The van der Waals surface area contributed by atoms with E-state index in [0.717, 1.165) is 12.8 Å². The standard InChI is InChI=1S/C17H18N2/c1-17(14-8-3-2-4-9-14)12-15-11-13-7-5-6-10-16(13)19(15)18-17/h2-10,15,18H,11-12H2,1H3/t15-,17+/m0/s1.